The van der Waals surface area contributed by atoms with Crippen LogP contribution in [-0.4, -0.2) is 26.2 Å². The van der Waals surface area contributed by atoms with Crippen LogP contribution >= 0.6 is 0 Å². The molecule has 1 atom stereocenters. The van der Waals surface area contributed by atoms with Crippen LogP contribution in [0, 0.1) is 12.8 Å². The van der Waals surface area contributed by atoms with Gasteiger partial charge in [-0.3, -0.25) is 9.89 Å². The second kappa shape index (κ2) is 7.51. The molecule has 0 spiro atoms. The molecule has 2 heterocycles. The molecule has 26 heavy (non-hydrogen) atoms. The molecule has 7 nitrogen and oxygen atoms in total. The minimum Gasteiger partial charge on any atom is -0.340 e. The maximum absolute atomic E-state index is 12.7. The SMILES string of the molecule is Cc1cccc(-c2[nH]ncc2C(=O)NC(C)c2nc(CC(C)C)no2)c1. The molecule has 0 aliphatic heterocycles. The molecule has 0 radical (unpaired) electrons. The third-order valence-corrected chi connectivity index (χ3v) is 3.98. The van der Waals surface area contributed by atoms with E-state index in [1.165, 1.54) is 6.20 Å². The molecule has 0 aliphatic rings. The average Bonchev–Trinajstić information content (AvgIpc) is 3.23. The molecule has 1 aromatic carbocycles. The molecule has 1 unspecified atom stereocenters. The van der Waals surface area contributed by atoms with Crippen molar-refractivity contribution < 1.29 is 9.32 Å². The Morgan fingerprint density at radius 3 is 2.85 bits per heavy atom. The van der Waals surface area contributed by atoms with E-state index in [1.807, 2.05) is 38.1 Å². The molecule has 2 N–H and O–H groups in total. The molecular weight excluding hydrogens is 330 g/mol. The molecule has 0 bridgehead atoms. The van der Waals surface area contributed by atoms with E-state index in [9.17, 15) is 4.79 Å². The van der Waals surface area contributed by atoms with Gasteiger partial charge in [0.15, 0.2) is 5.82 Å². The molecule has 2 aromatic heterocycles. The normalized spacial score (nSPS) is 12.3. The Hall–Kier alpha value is -2.96. The molecule has 3 aromatic rings. The zero-order chi connectivity index (χ0) is 18.7. The number of hydrogen-bond acceptors (Lipinski definition) is 5. The topological polar surface area (TPSA) is 96.7 Å². The van der Waals surface area contributed by atoms with Crippen molar-refractivity contribution in [3.8, 4) is 11.3 Å². The lowest BCUT2D eigenvalue weighted by atomic mass is 10.1. The molecule has 1 amide bonds. The first kappa shape index (κ1) is 17.8. The van der Waals surface area contributed by atoms with Gasteiger partial charge in [0, 0.05) is 12.0 Å². The van der Waals surface area contributed by atoms with Crippen molar-refractivity contribution in [2.45, 2.75) is 40.2 Å². The lowest BCUT2D eigenvalue weighted by Crippen LogP contribution is -2.27. The summed E-state index contributed by atoms with van der Waals surface area (Å²) in [6.07, 6.45) is 2.27. The number of amides is 1. The van der Waals surface area contributed by atoms with Crippen molar-refractivity contribution in [3.63, 3.8) is 0 Å². The Labute approximate surface area is 152 Å². The fraction of sp³-hybridized carbons (Fsp3) is 0.368. The van der Waals surface area contributed by atoms with E-state index in [4.69, 9.17) is 4.52 Å². The molecule has 0 fully saturated rings. The minimum absolute atomic E-state index is 0.244. The number of carbonyl (C=O) groups excluding carboxylic acids is 1. The highest BCUT2D eigenvalue weighted by Crippen LogP contribution is 2.23. The van der Waals surface area contributed by atoms with Gasteiger partial charge in [0.2, 0.25) is 5.89 Å². The highest BCUT2D eigenvalue weighted by Gasteiger charge is 2.21. The van der Waals surface area contributed by atoms with Crippen LogP contribution in [0.4, 0.5) is 0 Å². The van der Waals surface area contributed by atoms with Gasteiger partial charge in [-0.15, -0.1) is 0 Å². The second-order valence-electron chi connectivity index (χ2n) is 6.87. The quantitative estimate of drug-likeness (QED) is 0.707. The van der Waals surface area contributed by atoms with Crippen LogP contribution in [0.5, 0.6) is 0 Å². The monoisotopic (exact) mass is 353 g/mol. The standard InChI is InChI=1S/C19H23N5O2/c1-11(2)8-16-22-19(26-24-16)13(4)21-18(25)15-10-20-23-17(15)14-7-5-6-12(3)9-14/h5-7,9-11,13H,8H2,1-4H3,(H,20,23)(H,21,25). The molecule has 7 heteroatoms. The summed E-state index contributed by atoms with van der Waals surface area (Å²) in [6.45, 7) is 8.00. The summed E-state index contributed by atoms with van der Waals surface area (Å²) in [7, 11) is 0. The van der Waals surface area contributed by atoms with E-state index in [-0.39, 0.29) is 5.91 Å². The molecule has 136 valence electrons. The number of aryl methyl sites for hydroxylation is 1. The lowest BCUT2D eigenvalue weighted by Gasteiger charge is -2.10. The maximum Gasteiger partial charge on any atom is 0.255 e. The Morgan fingerprint density at radius 1 is 1.31 bits per heavy atom. The van der Waals surface area contributed by atoms with Crippen LogP contribution in [0.3, 0.4) is 0 Å². The van der Waals surface area contributed by atoms with Gasteiger partial charge < -0.3 is 9.84 Å². The van der Waals surface area contributed by atoms with Gasteiger partial charge >= 0.3 is 0 Å². The Bertz CT molecular complexity index is 897. The van der Waals surface area contributed by atoms with Crippen LogP contribution in [0.1, 0.15) is 54.4 Å². The van der Waals surface area contributed by atoms with Crippen LogP contribution in [-0.2, 0) is 6.42 Å². The second-order valence-corrected chi connectivity index (χ2v) is 6.87. The summed E-state index contributed by atoms with van der Waals surface area (Å²) in [4.78, 5) is 17.1. The Morgan fingerprint density at radius 2 is 2.12 bits per heavy atom. The smallest absolute Gasteiger partial charge is 0.255 e. The van der Waals surface area contributed by atoms with E-state index in [0.29, 0.717) is 28.9 Å². The fourth-order valence-electron chi connectivity index (χ4n) is 2.71. The summed E-state index contributed by atoms with van der Waals surface area (Å²) in [5, 5.41) is 13.8. The maximum atomic E-state index is 12.7. The number of nitrogens with zero attached hydrogens (tertiary/aromatic N) is 3. The predicted molar refractivity (Wildman–Crippen MR) is 97.5 cm³/mol. The lowest BCUT2D eigenvalue weighted by molar-refractivity contribution is 0.0933. The highest BCUT2D eigenvalue weighted by molar-refractivity contribution is 5.99. The number of hydrogen-bond donors (Lipinski definition) is 2. The van der Waals surface area contributed by atoms with Crippen molar-refractivity contribution in [3.05, 3.63) is 53.3 Å². The summed E-state index contributed by atoms with van der Waals surface area (Å²) < 4.78 is 5.28. The zero-order valence-electron chi connectivity index (χ0n) is 15.4. The summed E-state index contributed by atoms with van der Waals surface area (Å²) in [6, 6.07) is 7.51. The van der Waals surface area contributed by atoms with Crippen LogP contribution < -0.4 is 5.32 Å². The van der Waals surface area contributed by atoms with Gasteiger partial charge in [0.1, 0.15) is 6.04 Å². The molecule has 0 saturated heterocycles. The number of nitrogens with one attached hydrogen (secondary N) is 2. The van der Waals surface area contributed by atoms with E-state index < -0.39 is 6.04 Å². The van der Waals surface area contributed by atoms with Crippen molar-refractivity contribution in [2.24, 2.45) is 5.92 Å². The first-order valence-electron chi connectivity index (χ1n) is 8.67. The zero-order valence-corrected chi connectivity index (χ0v) is 15.4. The number of rotatable bonds is 6. The molecule has 0 saturated carbocycles. The molecule has 0 aliphatic carbocycles. The summed E-state index contributed by atoms with van der Waals surface area (Å²) in [5.74, 6) is 1.24. The van der Waals surface area contributed by atoms with Gasteiger partial charge in [-0.1, -0.05) is 42.8 Å². The average molecular weight is 353 g/mol. The van der Waals surface area contributed by atoms with Gasteiger partial charge in [-0.05, 0) is 25.8 Å². The van der Waals surface area contributed by atoms with Crippen molar-refractivity contribution in [2.75, 3.05) is 0 Å². The number of H-pyrrole nitrogens is 1. The van der Waals surface area contributed by atoms with Crippen LogP contribution in [0.15, 0.2) is 35.0 Å². The Balaban J connectivity index is 1.74. The van der Waals surface area contributed by atoms with Crippen molar-refractivity contribution in [1.29, 1.82) is 0 Å². The van der Waals surface area contributed by atoms with Crippen molar-refractivity contribution in [1.82, 2.24) is 25.7 Å². The predicted octanol–water partition coefficient (Wildman–Crippen LogP) is 3.46. The number of aromatic nitrogens is 4. The largest absolute Gasteiger partial charge is 0.340 e. The summed E-state index contributed by atoms with van der Waals surface area (Å²) >= 11 is 0. The third kappa shape index (κ3) is 3.99. The van der Waals surface area contributed by atoms with Gasteiger partial charge in [0.05, 0.1) is 17.5 Å². The fourth-order valence-corrected chi connectivity index (χ4v) is 2.71. The van der Waals surface area contributed by atoms with Crippen LogP contribution in [0.25, 0.3) is 11.3 Å². The minimum atomic E-state index is -0.392. The van der Waals surface area contributed by atoms with Crippen LogP contribution in [0.2, 0.25) is 0 Å². The van der Waals surface area contributed by atoms with Gasteiger partial charge in [-0.25, -0.2) is 0 Å². The first-order chi connectivity index (χ1) is 12.4. The van der Waals surface area contributed by atoms with E-state index >= 15 is 0 Å². The number of carbonyl (C=O) groups is 1. The van der Waals surface area contributed by atoms with Gasteiger partial charge in [-0.2, -0.15) is 10.1 Å². The van der Waals surface area contributed by atoms with Gasteiger partial charge in [0.25, 0.3) is 5.91 Å². The number of aromatic amines is 1. The van der Waals surface area contributed by atoms with E-state index in [0.717, 1.165) is 17.5 Å². The molecule has 3 rings (SSSR count). The van der Waals surface area contributed by atoms with E-state index in [2.05, 4.69) is 39.5 Å². The molecular formula is C19H23N5O2. The van der Waals surface area contributed by atoms with E-state index in [1.54, 1.807) is 0 Å². The first-order valence-corrected chi connectivity index (χ1v) is 8.67. The number of benzene rings is 1. The summed E-state index contributed by atoms with van der Waals surface area (Å²) in [5.41, 5.74) is 3.19. The van der Waals surface area contributed by atoms with Crippen molar-refractivity contribution >= 4 is 5.91 Å². The Kier molecular flexibility index (Phi) is 5.16. The highest BCUT2D eigenvalue weighted by atomic mass is 16.5. The third-order valence-electron chi connectivity index (χ3n) is 3.98.